The molecule has 94 valence electrons. The van der Waals surface area contributed by atoms with Gasteiger partial charge in [-0.15, -0.1) is 6.42 Å². The molecule has 1 amide bonds. The predicted molar refractivity (Wildman–Crippen MR) is 71.0 cm³/mol. The van der Waals surface area contributed by atoms with Crippen LogP contribution in [0.15, 0.2) is 0 Å². The summed E-state index contributed by atoms with van der Waals surface area (Å²) in [4.78, 5) is 16.4. The molecule has 0 aliphatic carbocycles. The van der Waals surface area contributed by atoms with E-state index in [1.165, 1.54) is 0 Å². The van der Waals surface area contributed by atoms with Crippen LogP contribution >= 0.6 is 11.8 Å². The van der Waals surface area contributed by atoms with Crippen LogP contribution in [0.1, 0.15) is 0 Å². The predicted octanol–water partition coefficient (Wildman–Crippen LogP) is -0.531. The Kier molecular flexibility index (Phi) is 4.72. The number of carbonyl (C=O) groups is 1. The lowest BCUT2D eigenvalue weighted by Gasteiger charge is -2.36. The molecule has 2 aliphatic rings. The van der Waals surface area contributed by atoms with Gasteiger partial charge in [-0.1, -0.05) is 5.92 Å². The lowest BCUT2D eigenvalue weighted by molar-refractivity contribution is -0.134. The minimum absolute atomic E-state index is 0.0212. The van der Waals surface area contributed by atoms with Crippen LogP contribution in [0.5, 0.6) is 0 Å². The molecule has 0 saturated carbocycles. The highest BCUT2D eigenvalue weighted by Gasteiger charge is 2.28. The van der Waals surface area contributed by atoms with Gasteiger partial charge in [0, 0.05) is 44.2 Å². The van der Waals surface area contributed by atoms with Gasteiger partial charge < -0.3 is 10.2 Å². The van der Waals surface area contributed by atoms with Gasteiger partial charge in [-0.25, -0.2) is 0 Å². The van der Waals surface area contributed by atoms with E-state index >= 15 is 0 Å². The Balaban J connectivity index is 1.79. The highest BCUT2D eigenvalue weighted by Crippen LogP contribution is 2.11. The highest BCUT2D eigenvalue weighted by atomic mass is 32.2. The molecule has 2 fully saturated rings. The van der Waals surface area contributed by atoms with Crippen molar-refractivity contribution in [2.24, 2.45) is 0 Å². The van der Waals surface area contributed by atoms with Gasteiger partial charge >= 0.3 is 0 Å². The van der Waals surface area contributed by atoms with Gasteiger partial charge in [0.05, 0.1) is 12.6 Å². The fraction of sp³-hybridized carbons (Fsp3) is 0.750. The second-order valence-electron chi connectivity index (χ2n) is 4.39. The second-order valence-corrected chi connectivity index (χ2v) is 5.54. The SMILES string of the molecule is C#CCN1CCN(C(=O)C2CSCCN2)CC1. The summed E-state index contributed by atoms with van der Waals surface area (Å²) in [5.74, 6) is 4.93. The van der Waals surface area contributed by atoms with Gasteiger partial charge in [0.25, 0.3) is 0 Å². The molecular weight excluding hydrogens is 234 g/mol. The lowest BCUT2D eigenvalue weighted by Crippen LogP contribution is -2.56. The van der Waals surface area contributed by atoms with Crippen LogP contribution in [0.4, 0.5) is 0 Å². The monoisotopic (exact) mass is 253 g/mol. The number of piperazine rings is 1. The number of nitrogens with one attached hydrogen (secondary N) is 1. The van der Waals surface area contributed by atoms with Gasteiger partial charge in [0.15, 0.2) is 0 Å². The van der Waals surface area contributed by atoms with Crippen molar-refractivity contribution in [3.05, 3.63) is 0 Å². The molecule has 1 atom stereocenters. The van der Waals surface area contributed by atoms with E-state index in [0.29, 0.717) is 6.54 Å². The molecule has 1 unspecified atom stereocenters. The van der Waals surface area contributed by atoms with Gasteiger partial charge in [-0.2, -0.15) is 11.8 Å². The molecule has 0 aromatic rings. The summed E-state index contributed by atoms with van der Waals surface area (Å²) in [5.41, 5.74) is 0. The van der Waals surface area contributed by atoms with Gasteiger partial charge in [-0.3, -0.25) is 9.69 Å². The Bertz CT molecular complexity index is 301. The Morgan fingerprint density at radius 1 is 1.41 bits per heavy atom. The summed E-state index contributed by atoms with van der Waals surface area (Å²) < 4.78 is 0. The first-order valence-corrected chi connectivity index (χ1v) is 7.22. The van der Waals surface area contributed by atoms with Crippen LogP contribution in [0.3, 0.4) is 0 Å². The highest BCUT2D eigenvalue weighted by molar-refractivity contribution is 7.99. The Morgan fingerprint density at radius 2 is 2.18 bits per heavy atom. The maximum absolute atomic E-state index is 12.2. The molecule has 2 rings (SSSR count). The third kappa shape index (κ3) is 3.38. The van der Waals surface area contributed by atoms with Crippen molar-refractivity contribution in [3.8, 4) is 12.3 Å². The van der Waals surface area contributed by atoms with E-state index in [9.17, 15) is 4.79 Å². The average Bonchev–Trinajstić information content (AvgIpc) is 2.40. The van der Waals surface area contributed by atoms with Crippen LogP contribution in [0, 0.1) is 12.3 Å². The Morgan fingerprint density at radius 3 is 2.76 bits per heavy atom. The number of hydrogen-bond donors (Lipinski definition) is 1. The zero-order valence-electron chi connectivity index (χ0n) is 10.0. The summed E-state index contributed by atoms with van der Waals surface area (Å²) >= 11 is 1.86. The molecule has 0 aromatic carbocycles. The lowest BCUT2D eigenvalue weighted by atomic mass is 10.2. The second kappa shape index (κ2) is 6.29. The molecule has 2 saturated heterocycles. The van der Waals surface area contributed by atoms with Gasteiger partial charge in [0.1, 0.15) is 0 Å². The summed E-state index contributed by atoms with van der Waals surface area (Å²) in [6.07, 6.45) is 5.29. The number of thioether (sulfide) groups is 1. The van der Waals surface area contributed by atoms with Crippen LogP contribution in [-0.4, -0.2) is 72.5 Å². The smallest absolute Gasteiger partial charge is 0.240 e. The molecule has 0 aromatic heterocycles. The standard InChI is InChI=1S/C12H19N3OS/c1-2-4-14-5-7-15(8-6-14)12(16)11-10-17-9-3-13-11/h1,11,13H,3-10H2. The number of rotatable bonds is 2. The van der Waals surface area contributed by atoms with Crippen molar-refractivity contribution >= 4 is 17.7 Å². The van der Waals surface area contributed by atoms with Crippen LogP contribution in [-0.2, 0) is 4.79 Å². The fourth-order valence-electron chi connectivity index (χ4n) is 2.20. The first kappa shape index (κ1) is 12.7. The van der Waals surface area contributed by atoms with Crippen LogP contribution < -0.4 is 5.32 Å². The van der Waals surface area contributed by atoms with Crippen LogP contribution in [0.25, 0.3) is 0 Å². The topological polar surface area (TPSA) is 35.6 Å². The summed E-state index contributed by atoms with van der Waals surface area (Å²) in [7, 11) is 0. The van der Waals surface area contributed by atoms with Crippen molar-refractivity contribution < 1.29 is 4.79 Å². The van der Waals surface area contributed by atoms with E-state index < -0.39 is 0 Å². The number of hydrogen-bond acceptors (Lipinski definition) is 4. The fourth-order valence-corrected chi connectivity index (χ4v) is 3.12. The first-order valence-electron chi connectivity index (χ1n) is 6.07. The van der Waals surface area contributed by atoms with Crippen molar-refractivity contribution in [2.75, 3.05) is 50.8 Å². The Hall–Kier alpha value is -0.700. The molecule has 4 nitrogen and oxygen atoms in total. The zero-order chi connectivity index (χ0) is 12.1. The molecule has 0 bridgehead atoms. The largest absolute Gasteiger partial charge is 0.339 e. The first-order chi connectivity index (χ1) is 8.31. The zero-order valence-corrected chi connectivity index (χ0v) is 10.8. The quantitative estimate of drug-likeness (QED) is 0.671. The summed E-state index contributed by atoms with van der Waals surface area (Å²) in [6.45, 7) is 5.05. The molecule has 0 spiro atoms. The molecule has 5 heteroatoms. The van der Waals surface area contributed by atoms with E-state index in [2.05, 4.69) is 16.1 Å². The molecule has 1 N–H and O–H groups in total. The third-order valence-electron chi connectivity index (χ3n) is 3.22. The van der Waals surface area contributed by atoms with E-state index in [1.807, 2.05) is 16.7 Å². The molecule has 17 heavy (non-hydrogen) atoms. The molecule has 0 radical (unpaired) electrons. The average molecular weight is 253 g/mol. The maximum Gasteiger partial charge on any atom is 0.240 e. The van der Waals surface area contributed by atoms with Crippen molar-refractivity contribution in [3.63, 3.8) is 0 Å². The molecule has 2 heterocycles. The van der Waals surface area contributed by atoms with Crippen molar-refractivity contribution in [2.45, 2.75) is 6.04 Å². The van der Waals surface area contributed by atoms with Crippen molar-refractivity contribution in [1.29, 1.82) is 0 Å². The van der Waals surface area contributed by atoms with E-state index in [4.69, 9.17) is 6.42 Å². The van der Waals surface area contributed by atoms with Crippen LogP contribution in [0.2, 0.25) is 0 Å². The number of amides is 1. The molecule has 2 aliphatic heterocycles. The minimum Gasteiger partial charge on any atom is -0.339 e. The number of terminal acetylenes is 1. The molecular formula is C12H19N3OS. The van der Waals surface area contributed by atoms with E-state index in [-0.39, 0.29) is 11.9 Å². The Labute approximate surface area is 107 Å². The number of nitrogens with zero attached hydrogens (tertiary/aromatic N) is 2. The summed E-state index contributed by atoms with van der Waals surface area (Å²) in [5, 5.41) is 3.29. The normalized spacial score (nSPS) is 26.5. The van der Waals surface area contributed by atoms with Crippen molar-refractivity contribution in [1.82, 2.24) is 15.1 Å². The number of carbonyl (C=O) groups excluding carboxylic acids is 1. The van der Waals surface area contributed by atoms with E-state index in [1.54, 1.807) is 0 Å². The van der Waals surface area contributed by atoms with Gasteiger partial charge in [-0.05, 0) is 0 Å². The maximum atomic E-state index is 12.2. The third-order valence-corrected chi connectivity index (χ3v) is 4.28. The van der Waals surface area contributed by atoms with E-state index in [0.717, 1.165) is 44.2 Å². The van der Waals surface area contributed by atoms with Gasteiger partial charge in [0.2, 0.25) is 5.91 Å². The minimum atomic E-state index is 0.0212. The summed E-state index contributed by atoms with van der Waals surface area (Å²) in [6, 6.07) is 0.0212.